The van der Waals surface area contributed by atoms with E-state index in [0.29, 0.717) is 5.56 Å². The minimum absolute atomic E-state index is 0.0484. The Kier molecular flexibility index (Phi) is 4.90. The molecule has 1 aliphatic heterocycles. The van der Waals surface area contributed by atoms with E-state index in [2.05, 4.69) is 0 Å². The first-order valence-electron chi connectivity index (χ1n) is 7.25. The Morgan fingerprint density at radius 2 is 1.86 bits per heavy atom. The van der Waals surface area contributed by atoms with Gasteiger partial charge in [0, 0.05) is 38.4 Å². The first-order valence-corrected chi connectivity index (χ1v) is 7.25. The molecule has 118 valence electrons. The van der Waals surface area contributed by atoms with Crippen molar-refractivity contribution in [3.05, 3.63) is 35.6 Å². The molecule has 0 N–H and O–H groups in total. The van der Waals surface area contributed by atoms with Crippen molar-refractivity contribution in [3.8, 4) is 0 Å². The van der Waals surface area contributed by atoms with Gasteiger partial charge in [0.15, 0.2) is 0 Å². The van der Waals surface area contributed by atoms with Gasteiger partial charge in [-0.1, -0.05) is 18.2 Å². The molecule has 1 aromatic carbocycles. The lowest BCUT2D eigenvalue weighted by atomic mass is 10.1. The first kappa shape index (κ1) is 16.1. The molecular formula is C16H19FN2O3. The lowest BCUT2D eigenvalue weighted by Gasteiger charge is -2.26. The highest BCUT2D eigenvalue weighted by Crippen LogP contribution is 2.22. The highest BCUT2D eigenvalue weighted by atomic mass is 19.1. The maximum Gasteiger partial charge on any atom is 0.229 e. The third-order valence-corrected chi connectivity index (χ3v) is 4.03. The van der Waals surface area contributed by atoms with E-state index in [-0.39, 0.29) is 49.3 Å². The van der Waals surface area contributed by atoms with Gasteiger partial charge >= 0.3 is 0 Å². The van der Waals surface area contributed by atoms with Gasteiger partial charge in [0.1, 0.15) is 5.82 Å². The zero-order valence-electron chi connectivity index (χ0n) is 12.7. The molecule has 2 rings (SSSR count). The van der Waals surface area contributed by atoms with Gasteiger partial charge < -0.3 is 4.90 Å². The summed E-state index contributed by atoms with van der Waals surface area (Å²) in [4.78, 5) is 37.7. The molecule has 1 heterocycles. The second kappa shape index (κ2) is 6.68. The topological polar surface area (TPSA) is 57.7 Å². The molecule has 0 aliphatic carbocycles. The third-order valence-electron chi connectivity index (χ3n) is 4.03. The van der Waals surface area contributed by atoms with E-state index in [0.717, 1.165) is 4.90 Å². The van der Waals surface area contributed by atoms with Crippen LogP contribution in [-0.4, -0.2) is 41.1 Å². The lowest BCUT2D eigenvalue weighted by molar-refractivity contribution is -0.139. The molecular weight excluding hydrogens is 287 g/mol. The number of amides is 3. The fourth-order valence-corrected chi connectivity index (χ4v) is 2.49. The Bertz CT molecular complexity index is 587. The van der Waals surface area contributed by atoms with E-state index < -0.39 is 6.04 Å². The molecule has 0 aromatic heterocycles. The van der Waals surface area contributed by atoms with E-state index in [4.69, 9.17) is 0 Å². The minimum Gasteiger partial charge on any atom is -0.339 e. The average molecular weight is 306 g/mol. The molecule has 0 radical (unpaired) electrons. The Labute approximate surface area is 128 Å². The molecule has 6 heteroatoms. The number of benzene rings is 1. The van der Waals surface area contributed by atoms with E-state index in [1.54, 1.807) is 32.2 Å². The van der Waals surface area contributed by atoms with E-state index in [1.165, 1.54) is 11.0 Å². The predicted octanol–water partition coefficient (Wildman–Crippen LogP) is 1.88. The molecule has 1 aliphatic rings. The summed E-state index contributed by atoms with van der Waals surface area (Å²) < 4.78 is 13.8. The molecule has 0 bridgehead atoms. The van der Waals surface area contributed by atoms with E-state index in [1.807, 2.05) is 0 Å². The monoisotopic (exact) mass is 306 g/mol. The van der Waals surface area contributed by atoms with Gasteiger partial charge in [-0.2, -0.15) is 0 Å². The highest BCUT2D eigenvalue weighted by Gasteiger charge is 2.29. The maximum absolute atomic E-state index is 13.8. The summed E-state index contributed by atoms with van der Waals surface area (Å²) in [5, 5.41) is 0. The SMILES string of the molecule is CC(c1ccccc1F)N(C)C(=O)CCN1C(=O)CCC1=O. The normalized spacial score (nSPS) is 16.0. The molecule has 5 nitrogen and oxygen atoms in total. The van der Waals surface area contributed by atoms with Gasteiger partial charge in [0.2, 0.25) is 17.7 Å². The quantitative estimate of drug-likeness (QED) is 0.781. The summed E-state index contributed by atoms with van der Waals surface area (Å²) in [6.07, 6.45) is 0.482. The predicted molar refractivity (Wildman–Crippen MR) is 78.2 cm³/mol. The number of carbonyl (C=O) groups is 3. The van der Waals surface area contributed by atoms with Crippen molar-refractivity contribution < 1.29 is 18.8 Å². The number of likely N-dealkylation sites (tertiary alicyclic amines) is 1. The van der Waals surface area contributed by atoms with Crippen molar-refractivity contribution in [1.82, 2.24) is 9.80 Å². The molecule has 1 atom stereocenters. The van der Waals surface area contributed by atoms with Crippen LogP contribution in [0.5, 0.6) is 0 Å². The summed E-state index contributed by atoms with van der Waals surface area (Å²) in [7, 11) is 1.59. The van der Waals surface area contributed by atoms with Gasteiger partial charge in [-0.15, -0.1) is 0 Å². The van der Waals surface area contributed by atoms with Crippen LogP contribution >= 0.6 is 0 Å². The first-order chi connectivity index (χ1) is 10.4. The van der Waals surface area contributed by atoms with Crippen LogP contribution in [0.15, 0.2) is 24.3 Å². The van der Waals surface area contributed by atoms with Crippen LogP contribution in [0.1, 0.15) is 37.8 Å². The van der Waals surface area contributed by atoms with E-state index >= 15 is 0 Å². The Balaban J connectivity index is 1.96. The van der Waals surface area contributed by atoms with Crippen molar-refractivity contribution in [3.63, 3.8) is 0 Å². The van der Waals surface area contributed by atoms with Gasteiger partial charge in [-0.05, 0) is 13.0 Å². The van der Waals surface area contributed by atoms with Crippen LogP contribution < -0.4 is 0 Å². The van der Waals surface area contributed by atoms with Crippen molar-refractivity contribution in [2.45, 2.75) is 32.2 Å². The summed E-state index contributed by atoms with van der Waals surface area (Å²) in [5.74, 6) is -1.06. The summed E-state index contributed by atoms with van der Waals surface area (Å²) in [6, 6.07) is 5.88. The molecule has 1 saturated heterocycles. The van der Waals surface area contributed by atoms with Crippen LogP contribution in [0.3, 0.4) is 0 Å². The number of carbonyl (C=O) groups excluding carboxylic acids is 3. The molecule has 1 fully saturated rings. The molecule has 1 unspecified atom stereocenters. The fraction of sp³-hybridized carbons (Fsp3) is 0.438. The van der Waals surface area contributed by atoms with Crippen LogP contribution in [0, 0.1) is 5.82 Å². The van der Waals surface area contributed by atoms with Gasteiger partial charge in [0.25, 0.3) is 0 Å². The van der Waals surface area contributed by atoms with Crippen molar-refractivity contribution in [1.29, 1.82) is 0 Å². The average Bonchev–Trinajstić information content (AvgIpc) is 2.82. The minimum atomic E-state index is -0.418. The molecule has 3 amide bonds. The summed E-state index contributed by atoms with van der Waals surface area (Å²) in [6.45, 7) is 1.83. The van der Waals surface area contributed by atoms with Crippen LogP contribution in [-0.2, 0) is 14.4 Å². The molecule has 0 saturated carbocycles. The van der Waals surface area contributed by atoms with Crippen molar-refractivity contribution in [2.75, 3.05) is 13.6 Å². The largest absolute Gasteiger partial charge is 0.339 e. The number of halogens is 1. The van der Waals surface area contributed by atoms with Gasteiger partial charge in [0.05, 0.1) is 6.04 Å². The van der Waals surface area contributed by atoms with Crippen molar-refractivity contribution in [2.24, 2.45) is 0 Å². The van der Waals surface area contributed by atoms with Crippen molar-refractivity contribution >= 4 is 17.7 Å². The van der Waals surface area contributed by atoms with Crippen LogP contribution in [0.2, 0.25) is 0 Å². The second-order valence-electron chi connectivity index (χ2n) is 5.39. The smallest absolute Gasteiger partial charge is 0.229 e. The summed E-state index contributed by atoms with van der Waals surface area (Å²) in [5.41, 5.74) is 0.437. The number of hydrogen-bond acceptors (Lipinski definition) is 3. The third kappa shape index (κ3) is 3.32. The highest BCUT2D eigenvalue weighted by molar-refractivity contribution is 6.02. The molecule has 22 heavy (non-hydrogen) atoms. The Morgan fingerprint density at radius 1 is 1.27 bits per heavy atom. The zero-order chi connectivity index (χ0) is 16.3. The fourth-order valence-electron chi connectivity index (χ4n) is 2.49. The molecule has 0 spiro atoms. The maximum atomic E-state index is 13.8. The number of hydrogen-bond donors (Lipinski definition) is 0. The zero-order valence-corrected chi connectivity index (χ0v) is 12.7. The standard InChI is InChI=1S/C16H19FN2O3/c1-11(12-5-3-4-6-13(12)17)18(2)14(20)9-10-19-15(21)7-8-16(19)22/h3-6,11H,7-10H2,1-2H3. The number of nitrogens with zero attached hydrogens (tertiary/aromatic N) is 2. The lowest BCUT2D eigenvalue weighted by Crippen LogP contribution is -2.36. The van der Waals surface area contributed by atoms with Gasteiger partial charge in [-0.25, -0.2) is 4.39 Å². The van der Waals surface area contributed by atoms with Gasteiger partial charge in [-0.3, -0.25) is 19.3 Å². The van der Waals surface area contributed by atoms with Crippen LogP contribution in [0.4, 0.5) is 4.39 Å². The second-order valence-corrected chi connectivity index (χ2v) is 5.39. The number of rotatable bonds is 5. The Morgan fingerprint density at radius 3 is 2.45 bits per heavy atom. The van der Waals surface area contributed by atoms with E-state index in [9.17, 15) is 18.8 Å². The number of imide groups is 1. The van der Waals surface area contributed by atoms with Crippen LogP contribution in [0.25, 0.3) is 0 Å². The Hall–Kier alpha value is -2.24. The molecule has 1 aromatic rings. The summed E-state index contributed by atoms with van der Waals surface area (Å²) >= 11 is 0.